The molecule has 0 bridgehead atoms. The topological polar surface area (TPSA) is 27.7 Å². The van der Waals surface area contributed by atoms with E-state index in [1.807, 2.05) is 0 Å². The second-order valence-corrected chi connectivity index (χ2v) is 13.3. The second-order valence-electron chi connectivity index (χ2n) is 13.3. The maximum Gasteiger partial charge on any atom is 0.145 e. The van der Waals surface area contributed by atoms with Crippen LogP contribution in [0.15, 0.2) is 182 Å². The van der Waals surface area contributed by atoms with Crippen molar-refractivity contribution < 1.29 is 0 Å². The number of rotatable bonds is 4. The van der Waals surface area contributed by atoms with E-state index in [0.717, 1.165) is 39.5 Å². The lowest BCUT2D eigenvalue weighted by molar-refractivity contribution is 1.10. The number of fused-ring (bicyclic) bond motifs is 8. The van der Waals surface area contributed by atoms with Gasteiger partial charge in [0.2, 0.25) is 0 Å². The first kappa shape index (κ1) is 28.0. The number of para-hydroxylation sites is 5. The molecule has 0 atom stereocenters. The summed E-state index contributed by atoms with van der Waals surface area (Å²) in [5.41, 5.74) is 11.3. The molecule has 0 fully saturated rings. The third-order valence-electron chi connectivity index (χ3n) is 10.4. The fraction of sp³-hybridized carbons (Fsp3) is 0. The van der Waals surface area contributed by atoms with E-state index < -0.39 is 0 Å². The van der Waals surface area contributed by atoms with E-state index in [2.05, 4.69) is 196 Å². The molecule has 238 valence electrons. The third kappa shape index (κ3) is 4.17. The molecule has 11 rings (SSSR count). The molecule has 4 heteroatoms. The summed E-state index contributed by atoms with van der Waals surface area (Å²) >= 11 is 0. The summed E-state index contributed by atoms with van der Waals surface area (Å²) in [6, 6.07) is 65.4. The first-order chi connectivity index (χ1) is 25.3. The minimum atomic E-state index is 0.925. The number of benzene rings is 8. The van der Waals surface area contributed by atoms with Crippen LogP contribution in [-0.4, -0.2) is 18.7 Å². The van der Waals surface area contributed by atoms with Crippen molar-refractivity contribution in [1.29, 1.82) is 0 Å². The van der Waals surface area contributed by atoms with Gasteiger partial charge < -0.3 is 9.13 Å². The zero-order valence-corrected chi connectivity index (χ0v) is 27.6. The van der Waals surface area contributed by atoms with Crippen LogP contribution < -0.4 is 0 Å². The lowest BCUT2D eigenvalue weighted by Gasteiger charge is -2.11. The van der Waals surface area contributed by atoms with E-state index in [0.29, 0.717) is 0 Å². The van der Waals surface area contributed by atoms with Crippen LogP contribution in [-0.2, 0) is 0 Å². The molecule has 0 spiro atoms. The van der Waals surface area contributed by atoms with Gasteiger partial charge in [-0.15, -0.1) is 0 Å². The molecule has 0 saturated heterocycles. The summed E-state index contributed by atoms with van der Waals surface area (Å²) in [5.74, 6) is 0.925. The van der Waals surface area contributed by atoms with Gasteiger partial charge in [0, 0.05) is 44.2 Å². The highest BCUT2D eigenvalue weighted by atomic mass is 15.1. The number of aromatic nitrogens is 4. The summed E-state index contributed by atoms with van der Waals surface area (Å²) in [4.78, 5) is 5.41. The van der Waals surface area contributed by atoms with Crippen LogP contribution in [0.1, 0.15) is 0 Å². The molecular weight excluding hydrogens is 621 g/mol. The molecule has 0 saturated carbocycles. The molecule has 3 aromatic heterocycles. The van der Waals surface area contributed by atoms with Gasteiger partial charge in [-0.05, 0) is 102 Å². The molecule has 3 heterocycles. The van der Waals surface area contributed by atoms with E-state index in [-0.39, 0.29) is 0 Å². The van der Waals surface area contributed by atoms with Gasteiger partial charge in [-0.1, -0.05) is 91.0 Å². The zero-order chi connectivity index (χ0) is 33.5. The van der Waals surface area contributed by atoms with Crippen LogP contribution in [0.3, 0.4) is 0 Å². The van der Waals surface area contributed by atoms with Crippen molar-refractivity contribution in [3.05, 3.63) is 182 Å². The van der Waals surface area contributed by atoms with E-state index in [1.54, 1.807) is 0 Å². The Kier molecular flexibility index (Phi) is 5.92. The number of imidazole rings is 1. The Hall–Kier alpha value is -6.91. The molecule has 0 aliphatic carbocycles. The second kappa shape index (κ2) is 10.8. The average Bonchev–Trinajstić information content (AvgIpc) is 3.84. The molecule has 0 N–H and O–H groups in total. The standard InChI is InChI=1S/C47H30N4/c1-4-14-34(15-5-1)49-42-22-12-10-20-37(42)39-26-31(24-25-44(39)49)47-48-41-28-32-27-40-38-21-11-13-23-43(38)50(35-16-6-2-7-17-35)45(40)29-33(32)30-46(41)51(47)36-18-8-3-9-19-36/h1-30H. The van der Waals surface area contributed by atoms with Crippen LogP contribution >= 0.6 is 0 Å². The Balaban J connectivity index is 1.18. The van der Waals surface area contributed by atoms with Crippen molar-refractivity contribution >= 4 is 65.4 Å². The monoisotopic (exact) mass is 650 g/mol. The summed E-state index contributed by atoms with van der Waals surface area (Å²) < 4.78 is 7.07. The first-order valence-electron chi connectivity index (χ1n) is 17.4. The Bertz CT molecular complexity index is 3110. The molecule has 11 aromatic rings. The number of nitrogens with zero attached hydrogens (tertiary/aromatic N) is 4. The maximum atomic E-state index is 5.41. The molecule has 0 aliphatic rings. The largest absolute Gasteiger partial charge is 0.309 e. The van der Waals surface area contributed by atoms with Gasteiger partial charge in [0.15, 0.2) is 0 Å². The van der Waals surface area contributed by atoms with Crippen LogP contribution in [0, 0.1) is 0 Å². The van der Waals surface area contributed by atoms with Gasteiger partial charge in [-0.3, -0.25) is 4.57 Å². The van der Waals surface area contributed by atoms with Crippen molar-refractivity contribution in [3.63, 3.8) is 0 Å². The predicted octanol–water partition coefficient (Wildman–Crippen LogP) is 12.0. The Morgan fingerprint density at radius 1 is 0.314 bits per heavy atom. The minimum Gasteiger partial charge on any atom is -0.309 e. The molecule has 0 radical (unpaired) electrons. The van der Waals surface area contributed by atoms with Crippen LogP contribution in [0.25, 0.3) is 93.9 Å². The van der Waals surface area contributed by atoms with E-state index in [4.69, 9.17) is 4.98 Å². The van der Waals surface area contributed by atoms with Gasteiger partial charge in [0.25, 0.3) is 0 Å². The maximum absolute atomic E-state index is 5.41. The lowest BCUT2D eigenvalue weighted by Crippen LogP contribution is -1.97. The number of hydrogen-bond acceptors (Lipinski definition) is 1. The molecule has 4 nitrogen and oxygen atoms in total. The smallest absolute Gasteiger partial charge is 0.145 e. The quantitative estimate of drug-likeness (QED) is 0.186. The van der Waals surface area contributed by atoms with Crippen molar-refractivity contribution in [2.24, 2.45) is 0 Å². The molecule has 0 amide bonds. The molecule has 0 unspecified atom stereocenters. The zero-order valence-electron chi connectivity index (χ0n) is 27.6. The summed E-state index contributed by atoms with van der Waals surface area (Å²) in [7, 11) is 0. The van der Waals surface area contributed by atoms with Crippen LogP contribution in [0.4, 0.5) is 0 Å². The highest BCUT2D eigenvalue weighted by molar-refractivity contribution is 6.15. The first-order valence-corrected chi connectivity index (χ1v) is 17.4. The average molecular weight is 651 g/mol. The summed E-state index contributed by atoms with van der Waals surface area (Å²) in [6.45, 7) is 0. The summed E-state index contributed by atoms with van der Waals surface area (Å²) in [5, 5.41) is 7.28. The van der Waals surface area contributed by atoms with E-state index >= 15 is 0 Å². The molecular formula is C47H30N4. The minimum absolute atomic E-state index is 0.925. The SMILES string of the molecule is c1ccc(-n2c(-c3ccc4c(c3)c3ccccc3n4-c3ccccc3)nc3cc4cc5c6ccccc6n(-c6ccccc6)c5cc4cc32)cc1. The van der Waals surface area contributed by atoms with Gasteiger partial charge in [0.05, 0.1) is 33.1 Å². The fourth-order valence-electron chi connectivity index (χ4n) is 8.14. The molecule has 51 heavy (non-hydrogen) atoms. The van der Waals surface area contributed by atoms with Crippen molar-refractivity contribution in [2.45, 2.75) is 0 Å². The highest BCUT2D eigenvalue weighted by Crippen LogP contribution is 2.39. The van der Waals surface area contributed by atoms with Gasteiger partial charge in [-0.2, -0.15) is 0 Å². The highest BCUT2D eigenvalue weighted by Gasteiger charge is 2.20. The molecule has 0 aliphatic heterocycles. The Morgan fingerprint density at radius 3 is 1.41 bits per heavy atom. The summed E-state index contributed by atoms with van der Waals surface area (Å²) in [6.07, 6.45) is 0. The van der Waals surface area contributed by atoms with Gasteiger partial charge in [-0.25, -0.2) is 4.98 Å². The van der Waals surface area contributed by atoms with Gasteiger partial charge in [0.1, 0.15) is 5.82 Å². The van der Waals surface area contributed by atoms with Gasteiger partial charge >= 0.3 is 0 Å². The lowest BCUT2D eigenvalue weighted by atomic mass is 10.0. The van der Waals surface area contributed by atoms with E-state index in [1.165, 1.54) is 54.4 Å². The predicted molar refractivity (Wildman–Crippen MR) is 213 cm³/mol. The van der Waals surface area contributed by atoms with Crippen LogP contribution in [0.2, 0.25) is 0 Å². The van der Waals surface area contributed by atoms with E-state index in [9.17, 15) is 0 Å². The Labute approximate surface area is 293 Å². The third-order valence-corrected chi connectivity index (χ3v) is 10.4. The normalized spacial score (nSPS) is 11.9. The van der Waals surface area contributed by atoms with Crippen molar-refractivity contribution in [1.82, 2.24) is 18.7 Å². The number of hydrogen-bond donors (Lipinski definition) is 0. The van der Waals surface area contributed by atoms with Crippen molar-refractivity contribution in [2.75, 3.05) is 0 Å². The van der Waals surface area contributed by atoms with Crippen LogP contribution in [0.5, 0.6) is 0 Å². The molecule has 8 aromatic carbocycles. The Morgan fingerprint density at radius 2 is 0.784 bits per heavy atom. The van der Waals surface area contributed by atoms with Crippen molar-refractivity contribution in [3.8, 4) is 28.5 Å². The fourth-order valence-corrected chi connectivity index (χ4v) is 8.14.